The summed E-state index contributed by atoms with van der Waals surface area (Å²) in [7, 11) is -3.85. The van der Waals surface area contributed by atoms with Crippen molar-refractivity contribution in [3.63, 3.8) is 0 Å². The van der Waals surface area contributed by atoms with Crippen LogP contribution in [0.25, 0.3) is 0 Å². The highest BCUT2D eigenvalue weighted by Gasteiger charge is 2.44. The third-order valence-electron chi connectivity index (χ3n) is 3.17. The van der Waals surface area contributed by atoms with E-state index in [1.54, 1.807) is 32.1 Å². The van der Waals surface area contributed by atoms with Crippen LogP contribution in [0.1, 0.15) is 19.4 Å². The highest BCUT2D eigenvalue weighted by molar-refractivity contribution is 8.16. The van der Waals surface area contributed by atoms with Gasteiger partial charge in [0.05, 0.1) is 9.64 Å². The summed E-state index contributed by atoms with van der Waals surface area (Å²) in [6.45, 7) is 9.20. The number of amides is 1. The summed E-state index contributed by atoms with van der Waals surface area (Å²) in [5.41, 5.74) is 0.964. The Balaban J connectivity index is 2.43. The molecule has 0 atom stereocenters. The summed E-state index contributed by atoms with van der Waals surface area (Å²) < 4.78 is 27.9. The molecule has 0 unspecified atom stereocenters. The Kier molecular flexibility index (Phi) is 4.49. The predicted molar refractivity (Wildman–Crippen MR) is 89.4 cm³/mol. The third-order valence-corrected chi connectivity index (χ3v) is 5.74. The van der Waals surface area contributed by atoms with Crippen molar-refractivity contribution in [3.8, 4) is 0 Å². The zero-order valence-electron chi connectivity index (χ0n) is 12.7. The molecule has 0 bridgehead atoms. The van der Waals surface area contributed by atoms with Gasteiger partial charge in [-0.3, -0.25) is 9.69 Å². The maximum Gasteiger partial charge on any atom is 0.284 e. The van der Waals surface area contributed by atoms with Crippen LogP contribution in [0.2, 0.25) is 0 Å². The van der Waals surface area contributed by atoms with E-state index in [4.69, 9.17) is 0 Å². The highest BCUT2D eigenvalue weighted by Crippen LogP contribution is 2.37. The highest BCUT2D eigenvalue weighted by atomic mass is 32.2. The minimum absolute atomic E-state index is 0.113. The van der Waals surface area contributed by atoms with Crippen LogP contribution in [-0.2, 0) is 14.8 Å². The zero-order chi connectivity index (χ0) is 16.5. The molecule has 1 fully saturated rings. The van der Waals surface area contributed by atoms with Crippen molar-refractivity contribution < 1.29 is 13.2 Å². The van der Waals surface area contributed by atoms with Crippen molar-refractivity contribution in [2.45, 2.75) is 30.4 Å². The lowest BCUT2D eigenvalue weighted by atomic mass is 10.2. The smallest absolute Gasteiger partial charge is 0.284 e. The Morgan fingerprint density at radius 2 is 1.91 bits per heavy atom. The normalized spacial score (nSPS) is 19.7. The number of hydrogen-bond acceptors (Lipinski definition) is 4. The molecule has 0 aliphatic carbocycles. The summed E-state index contributed by atoms with van der Waals surface area (Å²) in [6.07, 6.45) is 1.55. The molecule has 0 radical (unpaired) electrons. The van der Waals surface area contributed by atoms with Gasteiger partial charge in [0.1, 0.15) is 0 Å². The van der Waals surface area contributed by atoms with Gasteiger partial charge in [0.2, 0.25) is 5.91 Å². The molecule has 1 heterocycles. The topological polar surface area (TPSA) is 66.8 Å². The predicted octanol–water partition coefficient (Wildman–Crippen LogP) is 2.58. The van der Waals surface area contributed by atoms with E-state index in [1.807, 2.05) is 6.92 Å². The van der Waals surface area contributed by atoms with E-state index in [2.05, 4.69) is 11.0 Å². The molecule has 1 aromatic carbocycles. The van der Waals surface area contributed by atoms with Gasteiger partial charge in [0.15, 0.2) is 5.17 Å². The molecule has 1 saturated heterocycles. The first-order chi connectivity index (χ1) is 10.2. The number of nitrogens with zero attached hydrogens (tertiary/aromatic N) is 2. The lowest BCUT2D eigenvalue weighted by molar-refractivity contribution is -0.127. The molecule has 0 saturated carbocycles. The van der Waals surface area contributed by atoms with Gasteiger partial charge in [-0.1, -0.05) is 35.5 Å². The Morgan fingerprint density at radius 3 is 2.45 bits per heavy atom. The average Bonchev–Trinajstić information content (AvgIpc) is 2.62. The minimum atomic E-state index is -3.85. The maximum atomic E-state index is 12.4. The first-order valence-electron chi connectivity index (χ1n) is 6.71. The van der Waals surface area contributed by atoms with E-state index in [-0.39, 0.29) is 22.5 Å². The number of thioether (sulfide) groups is 1. The van der Waals surface area contributed by atoms with Crippen molar-refractivity contribution >= 4 is 32.9 Å². The molecule has 1 amide bonds. The second-order valence-corrected chi connectivity index (χ2v) is 8.67. The Morgan fingerprint density at radius 1 is 1.32 bits per heavy atom. The number of sulfonamides is 1. The van der Waals surface area contributed by atoms with E-state index < -0.39 is 14.8 Å². The molecule has 22 heavy (non-hydrogen) atoms. The van der Waals surface area contributed by atoms with Crippen LogP contribution in [-0.4, -0.2) is 35.7 Å². The Bertz CT molecular complexity index is 735. The average molecular weight is 338 g/mol. The lowest BCUT2D eigenvalue weighted by Crippen LogP contribution is -2.36. The molecule has 1 aliphatic rings. The van der Waals surface area contributed by atoms with Crippen molar-refractivity contribution in [1.29, 1.82) is 0 Å². The fraction of sp³-hybridized carbons (Fsp3) is 0.333. The van der Waals surface area contributed by atoms with Crippen LogP contribution in [0.4, 0.5) is 0 Å². The fourth-order valence-electron chi connectivity index (χ4n) is 1.96. The van der Waals surface area contributed by atoms with Crippen LogP contribution in [0.15, 0.2) is 46.2 Å². The molecule has 0 spiro atoms. The van der Waals surface area contributed by atoms with E-state index in [9.17, 15) is 13.2 Å². The molecule has 1 aromatic rings. The van der Waals surface area contributed by atoms with Gasteiger partial charge >= 0.3 is 0 Å². The van der Waals surface area contributed by atoms with Crippen LogP contribution in [0.3, 0.4) is 0 Å². The van der Waals surface area contributed by atoms with E-state index >= 15 is 0 Å². The van der Waals surface area contributed by atoms with Gasteiger partial charge in [0, 0.05) is 6.54 Å². The summed E-state index contributed by atoms with van der Waals surface area (Å²) in [5.74, 6) is -0.171. The molecule has 0 N–H and O–H groups in total. The van der Waals surface area contributed by atoms with Crippen molar-refractivity contribution in [2.75, 3.05) is 6.54 Å². The Hall–Kier alpha value is -1.60. The number of aryl methyl sites for hydroxylation is 1. The fourth-order valence-corrected chi connectivity index (χ4v) is 4.22. The minimum Gasteiger partial charge on any atom is -0.286 e. The van der Waals surface area contributed by atoms with Gasteiger partial charge in [-0.05, 0) is 32.9 Å². The molecular formula is C15H18N2O3S2. The van der Waals surface area contributed by atoms with Crippen LogP contribution in [0, 0.1) is 6.92 Å². The first kappa shape index (κ1) is 16.8. The lowest BCUT2D eigenvalue weighted by Gasteiger charge is -2.15. The Labute approximate surface area is 135 Å². The maximum absolute atomic E-state index is 12.4. The second kappa shape index (κ2) is 5.89. The quantitative estimate of drug-likeness (QED) is 0.792. The number of hydrogen-bond donors (Lipinski definition) is 0. The molecule has 1 aliphatic heterocycles. The van der Waals surface area contributed by atoms with Gasteiger partial charge < -0.3 is 0 Å². The van der Waals surface area contributed by atoms with Gasteiger partial charge in [-0.15, -0.1) is 11.0 Å². The molecule has 118 valence electrons. The molecular weight excluding hydrogens is 320 g/mol. The summed E-state index contributed by atoms with van der Waals surface area (Å²) in [4.78, 5) is 13.7. The van der Waals surface area contributed by atoms with Gasteiger partial charge in [0.25, 0.3) is 10.0 Å². The SMILES string of the molecule is C=CCN1C(=O)C(C)(C)SC1=NS(=O)(=O)c1ccc(C)cc1. The molecule has 2 rings (SSSR count). The number of rotatable bonds is 4. The van der Waals surface area contributed by atoms with E-state index in [0.717, 1.165) is 17.3 Å². The number of carbonyl (C=O) groups excluding carboxylic acids is 1. The largest absolute Gasteiger partial charge is 0.286 e. The van der Waals surface area contributed by atoms with Gasteiger partial charge in [-0.2, -0.15) is 8.42 Å². The van der Waals surface area contributed by atoms with Crippen LogP contribution >= 0.6 is 11.8 Å². The molecule has 7 heteroatoms. The second-order valence-electron chi connectivity index (χ2n) is 5.48. The first-order valence-corrected chi connectivity index (χ1v) is 8.96. The monoisotopic (exact) mass is 338 g/mol. The number of carbonyl (C=O) groups is 1. The summed E-state index contributed by atoms with van der Waals surface area (Å²) in [6, 6.07) is 6.45. The van der Waals surface area contributed by atoms with E-state index in [1.165, 1.54) is 17.0 Å². The van der Waals surface area contributed by atoms with Crippen molar-refractivity contribution in [2.24, 2.45) is 4.40 Å². The molecule has 0 aromatic heterocycles. The van der Waals surface area contributed by atoms with Crippen molar-refractivity contribution in [1.82, 2.24) is 4.90 Å². The number of amidine groups is 1. The van der Waals surface area contributed by atoms with Crippen LogP contribution in [0.5, 0.6) is 0 Å². The summed E-state index contributed by atoms with van der Waals surface area (Å²) >= 11 is 1.15. The zero-order valence-corrected chi connectivity index (χ0v) is 14.4. The number of benzene rings is 1. The van der Waals surface area contributed by atoms with Gasteiger partial charge in [-0.25, -0.2) is 0 Å². The summed E-state index contributed by atoms with van der Waals surface area (Å²) in [5, 5.41) is 0.190. The van der Waals surface area contributed by atoms with E-state index in [0.29, 0.717) is 0 Å². The third kappa shape index (κ3) is 3.25. The van der Waals surface area contributed by atoms with Crippen LogP contribution < -0.4 is 0 Å². The van der Waals surface area contributed by atoms with Crippen molar-refractivity contribution in [3.05, 3.63) is 42.5 Å². The molecule has 5 nitrogen and oxygen atoms in total. The standard InChI is InChI=1S/C15H18N2O3S2/c1-5-10-17-13(18)15(3,4)21-14(17)16-22(19,20)12-8-6-11(2)7-9-12/h5-9H,1,10H2,2-4H3.